The van der Waals surface area contributed by atoms with Crippen LogP contribution >= 0.6 is 0 Å². The number of piperidine rings is 1. The van der Waals surface area contributed by atoms with Crippen molar-refractivity contribution in [2.45, 2.75) is 33.2 Å². The van der Waals surface area contributed by atoms with Gasteiger partial charge in [-0.15, -0.1) is 0 Å². The minimum Gasteiger partial charge on any atom is -0.351 e. The van der Waals surface area contributed by atoms with E-state index >= 15 is 0 Å². The number of hydrogen-bond acceptors (Lipinski definition) is 2. The molecule has 22 heavy (non-hydrogen) atoms. The number of rotatable bonds is 3. The van der Waals surface area contributed by atoms with E-state index in [9.17, 15) is 9.59 Å². The van der Waals surface area contributed by atoms with Gasteiger partial charge >= 0.3 is 6.03 Å². The van der Waals surface area contributed by atoms with Gasteiger partial charge in [-0.2, -0.15) is 0 Å². The SMILES string of the molecule is CNC(=O)N1CCCC(C)(C(=O)NCc2ccccc2C)C1. The lowest BCUT2D eigenvalue weighted by Crippen LogP contribution is -2.53. The second kappa shape index (κ2) is 6.81. The highest BCUT2D eigenvalue weighted by atomic mass is 16.2. The number of likely N-dealkylation sites (tertiary alicyclic amines) is 1. The van der Waals surface area contributed by atoms with Gasteiger partial charge in [-0.3, -0.25) is 4.79 Å². The van der Waals surface area contributed by atoms with Crippen molar-refractivity contribution in [3.05, 3.63) is 35.4 Å². The minimum atomic E-state index is -0.520. The van der Waals surface area contributed by atoms with Crippen LogP contribution in [-0.4, -0.2) is 37.0 Å². The molecule has 1 aromatic carbocycles. The molecule has 1 aromatic rings. The maximum Gasteiger partial charge on any atom is 0.317 e. The molecular weight excluding hydrogens is 278 g/mol. The first kappa shape index (κ1) is 16.3. The van der Waals surface area contributed by atoms with Crippen molar-refractivity contribution < 1.29 is 9.59 Å². The third kappa shape index (κ3) is 3.59. The maximum absolute atomic E-state index is 12.6. The van der Waals surface area contributed by atoms with E-state index in [2.05, 4.69) is 10.6 Å². The molecule has 1 aliphatic heterocycles. The molecule has 1 heterocycles. The summed E-state index contributed by atoms with van der Waals surface area (Å²) in [4.78, 5) is 26.1. The molecule has 1 saturated heterocycles. The maximum atomic E-state index is 12.6. The second-order valence-electron chi connectivity index (χ2n) is 6.25. The van der Waals surface area contributed by atoms with Gasteiger partial charge in [0.15, 0.2) is 0 Å². The molecule has 1 unspecified atom stereocenters. The molecule has 0 saturated carbocycles. The Bertz CT molecular complexity index is 559. The summed E-state index contributed by atoms with van der Waals surface area (Å²) in [5, 5.41) is 5.66. The number of carbonyl (C=O) groups excluding carboxylic acids is 2. The summed E-state index contributed by atoms with van der Waals surface area (Å²) in [5.41, 5.74) is 1.77. The molecule has 0 aromatic heterocycles. The van der Waals surface area contributed by atoms with Crippen molar-refractivity contribution in [1.29, 1.82) is 0 Å². The summed E-state index contributed by atoms with van der Waals surface area (Å²) in [7, 11) is 1.62. The van der Waals surface area contributed by atoms with E-state index in [1.807, 2.05) is 38.1 Å². The quantitative estimate of drug-likeness (QED) is 0.898. The van der Waals surface area contributed by atoms with Crippen LogP contribution in [0.25, 0.3) is 0 Å². The van der Waals surface area contributed by atoms with Gasteiger partial charge in [0, 0.05) is 26.7 Å². The number of amides is 3. The first-order valence-electron chi connectivity index (χ1n) is 7.76. The van der Waals surface area contributed by atoms with Crippen molar-refractivity contribution in [2.75, 3.05) is 20.1 Å². The fraction of sp³-hybridized carbons (Fsp3) is 0.529. The van der Waals surface area contributed by atoms with Crippen LogP contribution in [0.1, 0.15) is 30.9 Å². The van der Waals surface area contributed by atoms with Crippen LogP contribution in [0.15, 0.2) is 24.3 Å². The zero-order valence-electron chi connectivity index (χ0n) is 13.6. The third-order valence-corrected chi connectivity index (χ3v) is 4.45. The van der Waals surface area contributed by atoms with Crippen LogP contribution in [0.2, 0.25) is 0 Å². The summed E-state index contributed by atoms with van der Waals surface area (Å²) < 4.78 is 0. The Balaban J connectivity index is 1.98. The predicted molar refractivity (Wildman–Crippen MR) is 86.4 cm³/mol. The number of carbonyl (C=O) groups is 2. The molecule has 1 atom stereocenters. The number of aryl methyl sites for hydroxylation is 1. The lowest BCUT2D eigenvalue weighted by molar-refractivity contribution is -0.132. The Hall–Kier alpha value is -2.04. The highest BCUT2D eigenvalue weighted by Crippen LogP contribution is 2.29. The van der Waals surface area contributed by atoms with Gasteiger partial charge in [0.1, 0.15) is 0 Å². The molecule has 0 bridgehead atoms. The zero-order valence-corrected chi connectivity index (χ0v) is 13.6. The molecule has 0 spiro atoms. The van der Waals surface area contributed by atoms with Crippen LogP contribution in [0.3, 0.4) is 0 Å². The highest BCUT2D eigenvalue weighted by Gasteiger charge is 2.39. The molecule has 2 N–H and O–H groups in total. The molecule has 1 fully saturated rings. The lowest BCUT2D eigenvalue weighted by atomic mass is 9.81. The smallest absolute Gasteiger partial charge is 0.317 e. The second-order valence-corrected chi connectivity index (χ2v) is 6.25. The summed E-state index contributed by atoms with van der Waals surface area (Å²) in [5.74, 6) is 0.0179. The van der Waals surface area contributed by atoms with E-state index in [4.69, 9.17) is 0 Å². The van der Waals surface area contributed by atoms with Gasteiger partial charge in [-0.25, -0.2) is 4.79 Å². The first-order valence-corrected chi connectivity index (χ1v) is 7.76. The average molecular weight is 303 g/mol. The molecule has 5 heteroatoms. The Morgan fingerprint density at radius 3 is 2.73 bits per heavy atom. The average Bonchev–Trinajstić information content (AvgIpc) is 2.53. The van der Waals surface area contributed by atoms with Gasteiger partial charge in [0.05, 0.1) is 5.41 Å². The Kier molecular flexibility index (Phi) is 5.06. The van der Waals surface area contributed by atoms with Crippen molar-refractivity contribution in [1.82, 2.24) is 15.5 Å². The molecule has 0 aliphatic carbocycles. The van der Waals surface area contributed by atoms with Crippen molar-refractivity contribution in [2.24, 2.45) is 5.41 Å². The number of hydrogen-bond donors (Lipinski definition) is 2. The Morgan fingerprint density at radius 2 is 2.05 bits per heavy atom. The first-order chi connectivity index (χ1) is 10.5. The number of nitrogens with zero attached hydrogens (tertiary/aromatic N) is 1. The number of urea groups is 1. The highest BCUT2D eigenvalue weighted by molar-refractivity contribution is 5.84. The van der Waals surface area contributed by atoms with Crippen molar-refractivity contribution in [3.63, 3.8) is 0 Å². The van der Waals surface area contributed by atoms with Crippen LogP contribution in [0, 0.1) is 12.3 Å². The summed E-state index contributed by atoms with van der Waals surface area (Å²) in [6.45, 7) is 5.68. The van der Waals surface area contributed by atoms with Gasteiger partial charge in [-0.1, -0.05) is 24.3 Å². The van der Waals surface area contributed by atoms with E-state index in [-0.39, 0.29) is 11.9 Å². The molecule has 3 amide bonds. The monoisotopic (exact) mass is 303 g/mol. The van der Waals surface area contributed by atoms with Gasteiger partial charge < -0.3 is 15.5 Å². The predicted octanol–water partition coefficient (Wildman–Crippen LogP) is 2.05. The third-order valence-electron chi connectivity index (χ3n) is 4.45. The molecule has 2 rings (SSSR count). The topological polar surface area (TPSA) is 61.4 Å². The van der Waals surface area contributed by atoms with E-state index in [0.29, 0.717) is 19.6 Å². The summed E-state index contributed by atoms with van der Waals surface area (Å²) in [6, 6.07) is 7.92. The van der Waals surface area contributed by atoms with Gasteiger partial charge in [-0.05, 0) is 37.8 Å². The van der Waals surface area contributed by atoms with E-state index in [1.54, 1.807) is 11.9 Å². The van der Waals surface area contributed by atoms with E-state index in [0.717, 1.165) is 18.4 Å². The Morgan fingerprint density at radius 1 is 1.32 bits per heavy atom. The fourth-order valence-corrected chi connectivity index (χ4v) is 2.95. The van der Waals surface area contributed by atoms with E-state index < -0.39 is 5.41 Å². The fourth-order valence-electron chi connectivity index (χ4n) is 2.95. The molecule has 120 valence electrons. The van der Waals surface area contributed by atoms with Gasteiger partial charge in [0.2, 0.25) is 5.91 Å². The van der Waals surface area contributed by atoms with Crippen LogP contribution in [0.4, 0.5) is 4.79 Å². The lowest BCUT2D eigenvalue weighted by Gasteiger charge is -2.39. The Labute approximate surface area is 132 Å². The zero-order chi connectivity index (χ0) is 16.2. The summed E-state index contributed by atoms with van der Waals surface area (Å²) in [6.07, 6.45) is 1.65. The van der Waals surface area contributed by atoms with Crippen molar-refractivity contribution >= 4 is 11.9 Å². The van der Waals surface area contributed by atoms with Crippen molar-refractivity contribution in [3.8, 4) is 0 Å². The number of benzene rings is 1. The van der Waals surface area contributed by atoms with E-state index in [1.165, 1.54) is 5.56 Å². The van der Waals surface area contributed by atoms with Crippen LogP contribution in [0.5, 0.6) is 0 Å². The molecular formula is C17H25N3O2. The van der Waals surface area contributed by atoms with Crippen LogP contribution < -0.4 is 10.6 Å². The standard InChI is InChI=1S/C17H25N3O2/c1-13-7-4-5-8-14(13)11-19-15(21)17(2)9-6-10-20(12-17)16(22)18-3/h4-5,7-8H,6,9-12H2,1-3H3,(H,18,22)(H,19,21). The molecule has 0 radical (unpaired) electrons. The van der Waals surface area contributed by atoms with Gasteiger partial charge in [0.25, 0.3) is 0 Å². The normalized spacial score (nSPS) is 21.3. The minimum absolute atomic E-state index is 0.0179. The largest absolute Gasteiger partial charge is 0.351 e. The molecule has 1 aliphatic rings. The number of nitrogens with one attached hydrogen (secondary N) is 2. The van der Waals surface area contributed by atoms with Crippen LogP contribution in [-0.2, 0) is 11.3 Å². The summed E-state index contributed by atoms with van der Waals surface area (Å²) >= 11 is 0. The molecule has 5 nitrogen and oxygen atoms in total.